The molecule has 0 unspecified atom stereocenters. The maximum absolute atomic E-state index is 12.7. The number of phenols is 2. The topological polar surface area (TPSA) is 125 Å². The number of nitrogens with one attached hydrogen (secondary N) is 2. The average Bonchev–Trinajstić information content (AvgIpc) is 2.93. The Kier molecular flexibility index (Phi) is 5.45. The molecule has 0 aromatic heterocycles. The molecule has 2 aromatic carbocycles. The highest BCUT2D eigenvalue weighted by Crippen LogP contribution is 2.49. The van der Waals surface area contributed by atoms with Crippen LogP contribution in [-0.2, 0) is 11.2 Å². The van der Waals surface area contributed by atoms with Crippen molar-refractivity contribution in [2.24, 2.45) is 0 Å². The summed E-state index contributed by atoms with van der Waals surface area (Å²) in [7, 11) is 2.80. The molecule has 0 saturated carbocycles. The van der Waals surface area contributed by atoms with E-state index in [2.05, 4.69) is 10.6 Å². The molecule has 2 amide bonds. The predicted octanol–water partition coefficient (Wildman–Crippen LogP) is 1.62. The van der Waals surface area contributed by atoms with Crippen molar-refractivity contribution in [3.63, 3.8) is 0 Å². The number of benzene rings is 1. The van der Waals surface area contributed by atoms with Gasteiger partial charge in [0.2, 0.25) is 11.7 Å². The zero-order valence-corrected chi connectivity index (χ0v) is 16.3. The van der Waals surface area contributed by atoms with Gasteiger partial charge < -0.3 is 25.6 Å². The lowest BCUT2D eigenvalue weighted by Crippen LogP contribution is -2.27. The van der Waals surface area contributed by atoms with E-state index in [0.717, 1.165) is 0 Å². The normalized spacial score (nSPS) is 14.8. The van der Waals surface area contributed by atoms with Crippen molar-refractivity contribution in [2.75, 3.05) is 14.2 Å². The summed E-state index contributed by atoms with van der Waals surface area (Å²) in [5, 5.41) is 26.3. The van der Waals surface area contributed by atoms with Crippen molar-refractivity contribution >= 4 is 11.8 Å². The van der Waals surface area contributed by atoms with E-state index in [1.165, 1.54) is 33.2 Å². The average molecular weight is 398 g/mol. The van der Waals surface area contributed by atoms with Gasteiger partial charge in [-0.2, -0.15) is 0 Å². The lowest BCUT2D eigenvalue weighted by molar-refractivity contribution is -0.119. The van der Waals surface area contributed by atoms with Crippen LogP contribution >= 0.6 is 0 Å². The molecule has 3 rings (SSSR count). The van der Waals surface area contributed by atoms with E-state index in [4.69, 9.17) is 4.74 Å². The number of aryl methyl sites for hydroxylation is 1. The molecule has 0 bridgehead atoms. The largest absolute Gasteiger partial charge is 0.504 e. The number of amides is 2. The Morgan fingerprint density at radius 2 is 1.90 bits per heavy atom. The summed E-state index contributed by atoms with van der Waals surface area (Å²) in [6.45, 7) is 1.38. The molecule has 1 aliphatic rings. The predicted molar refractivity (Wildman–Crippen MR) is 106 cm³/mol. The Morgan fingerprint density at radius 3 is 2.52 bits per heavy atom. The molecule has 0 radical (unpaired) electrons. The van der Waals surface area contributed by atoms with E-state index in [-0.39, 0.29) is 23.0 Å². The van der Waals surface area contributed by atoms with Gasteiger partial charge in [-0.25, -0.2) is 0 Å². The summed E-state index contributed by atoms with van der Waals surface area (Å²) >= 11 is 0. The minimum Gasteiger partial charge on any atom is -0.504 e. The Morgan fingerprint density at radius 1 is 1.17 bits per heavy atom. The van der Waals surface area contributed by atoms with Crippen LogP contribution in [0.25, 0.3) is 11.1 Å². The van der Waals surface area contributed by atoms with Crippen LogP contribution in [0.1, 0.15) is 40.9 Å². The van der Waals surface area contributed by atoms with Crippen LogP contribution in [0.15, 0.2) is 29.1 Å². The van der Waals surface area contributed by atoms with Crippen LogP contribution in [-0.4, -0.2) is 36.2 Å². The second-order valence-corrected chi connectivity index (χ2v) is 6.81. The first-order chi connectivity index (χ1) is 13.8. The molecule has 1 aliphatic carbocycles. The molecule has 0 fully saturated rings. The molecule has 8 nitrogen and oxygen atoms in total. The van der Waals surface area contributed by atoms with E-state index in [1.807, 2.05) is 0 Å². The van der Waals surface area contributed by atoms with Crippen molar-refractivity contribution in [3.05, 3.63) is 51.2 Å². The maximum Gasteiger partial charge on any atom is 0.254 e. The fraction of sp³-hybridized carbons (Fsp3) is 0.286. The SMILES string of the molecule is CNC(=O)c1ccc2c(cc1=O)[C@@H](NC(C)=O)CCc1cc(OC)c(O)c(O)c1-2. The molecule has 2 aromatic rings. The highest BCUT2D eigenvalue weighted by Gasteiger charge is 2.28. The molecule has 0 spiro atoms. The highest BCUT2D eigenvalue weighted by molar-refractivity contribution is 5.94. The summed E-state index contributed by atoms with van der Waals surface area (Å²) in [4.78, 5) is 36.5. The number of hydrogen-bond donors (Lipinski definition) is 4. The first-order valence-corrected chi connectivity index (χ1v) is 9.08. The van der Waals surface area contributed by atoms with E-state index in [1.54, 1.807) is 12.1 Å². The van der Waals surface area contributed by atoms with Crippen molar-refractivity contribution in [1.29, 1.82) is 0 Å². The number of carbonyl (C=O) groups excluding carboxylic acids is 2. The summed E-state index contributed by atoms with van der Waals surface area (Å²) in [5.74, 6) is -1.50. The Balaban J connectivity index is 2.38. The van der Waals surface area contributed by atoms with Gasteiger partial charge in [-0.05, 0) is 47.7 Å². The van der Waals surface area contributed by atoms with E-state index < -0.39 is 23.1 Å². The first-order valence-electron chi connectivity index (χ1n) is 9.08. The van der Waals surface area contributed by atoms with Gasteiger partial charge in [0.15, 0.2) is 16.9 Å². The van der Waals surface area contributed by atoms with Crippen LogP contribution in [0.3, 0.4) is 0 Å². The van der Waals surface area contributed by atoms with Crippen LogP contribution in [0.2, 0.25) is 0 Å². The molecular formula is C21H22N2O6. The number of rotatable bonds is 3. The van der Waals surface area contributed by atoms with Crippen molar-refractivity contribution in [3.8, 4) is 28.4 Å². The van der Waals surface area contributed by atoms with Crippen molar-refractivity contribution < 1.29 is 24.5 Å². The van der Waals surface area contributed by atoms with Gasteiger partial charge in [0.25, 0.3) is 5.91 Å². The molecule has 4 N–H and O–H groups in total. The Labute approximate surface area is 167 Å². The molecule has 8 heteroatoms. The molecular weight excluding hydrogens is 376 g/mol. The number of ether oxygens (including phenoxy) is 1. The second-order valence-electron chi connectivity index (χ2n) is 6.81. The van der Waals surface area contributed by atoms with Gasteiger partial charge in [-0.3, -0.25) is 14.4 Å². The quantitative estimate of drug-likeness (QED) is 0.582. The van der Waals surface area contributed by atoms with Gasteiger partial charge in [-0.15, -0.1) is 0 Å². The van der Waals surface area contributed by atoms with Gasteiger partial charge in [0.1, 0.15) is 0 Å². The number of methoxy groups -OCH3 is 1. The zero-order chi connectivity index (χ0) is 21.3. The lowest BCUT2D eigenvalue weighted by Gasteiger charge is -2.17. The summed E-state index contributed by atoms with van der Waals surface area (Å²) in [5.41, 5.74) is 1.34. The lowest BCUT2D eigenvalue weighted by atomic mass is 9.95. The zero-order valence-electron chi connectivity index (χ0n) is 16.3. The highest BCUT2D eigenvalue weighted by atomic mass is 16.5. The fourth-order valence-electron chi connectivity index (χ4n) is 3.67. The number of phenolic OH excluding ortho intramolecular Hbond substituents is 2. The molecule has 1 atom stereocenters. The smallest absolute Gasteiger partial charge is 0.254 e. The third-order valence-electron chi connectivity index (χ3n) is 5.02. The van der Waals surface area contributed by atoms with Gasteiger partial charge in [-0.1, -0.05) is 6.07 Å². The summed E-state index contributed by atoms with van der Waals surface area (Å²) in [6.07, 6.45) is 0.908. The monoisotopic (exact) mass is 398 g/mol. The standard InChI is InChI=1S/C21H22N2O6/c1-10(24)23-15-7-4-11-8-17(29-3)19(26)20(27)18(11)12-5-6-13(21(28)22-2)16(25)9-14(12)15/h5-6,8-9,15,26-27H,4,7H2,1-3H3,(H,22,28)(H,23,24)/t15-/m0/s1. The van der Waals surface area contributed by atoms with E-state index in [9.17, 15) is 24.6 Å². The summed E-state index contributed by atoms with van der Waals surface area (Å²) in [6, 6.07) is 5.33. The fourth-order valence-corrected chi connectivity index (χ4v) is 3.67. The molecule has 0 heterocycles. The molecule has 0 saturated heterocycles. The van der Waals surface area contributed by atoms with Crippen molar-refractivity contribution in [2.45, 2.75) is 25.8 Å². The first kappa shape index (κ1) is 20.2. The Bertz CT molecular complexity index is 1060. The number of aromatic hydroxyl groups is 2. The minimum atomic E-state index is -0.543. The molecule has 29 heavy (non-hydrogen) atoms. The summed E-state index contributed by atoms with van der Waals surface area (Å²) < 4.78 is 5.13. The number of hydrogen-bond acceptors (Lipinski definition) is 6. The van der Waals surface area contributed by atoms with Gasteiger partial charge in [0, 0.05) is 19.5 Å². The maximum atomic E-state index is 12.7. The third-order valence-corrected chi connectivity index (χ3v) is 5.02. The third kappa shape index (κ3) is 3.61. The van der Waals surface area contributed by atoms with Crippen LogP contribution in [0.5, 0.6) is 17.2 Å². The van der Waals surface area contributed by atoms with Gasteiger partial charge in [0.05, 0.1) is 18.7 Å². The van der Waals surface area contributed by atoms with Crippen molar-refractivity contribution in [1.82, 2.24) is 10.6 Å². The van der Waals surface area contributed by atoms with E-state index in [0.29, 0.717) is 35.1 Å². The number of carbonyl (C=O) groups is 2. The Hall–Kier alpha value is -3.55. The molecule has 0 aliphatic heterocycles. The van der Waals surface area contributed by atoms with Gasteiger partial charge >= 0.3 is 0 Å². The van der Waals surface area contributed by atoms with E-state index >= 15 is 0 Å². The van der Waals surface area contributed by atoms with Crippen LogP contribution in [0, 0.1) is 0 Å². The second kappa shape index (κ2) is 7.83. The number of fused-ring (bicyclic) bond motifs is 3. The van der Waals surface area contributed by atoms with Crippen LogP contribution in [0.4, 0.5) is 0 Å². The minimum absolute atomic E-state index is 0.0686. The van der Waals surface area contributed by atoms with Crippen LogP contribution < -0.4 is 20.8 Å². The molecule has 152 valence electrons.